The van der Waals surface area contributed by atoms with E-state index in [0.29, 0.717) is 40.0 Å². The fourth-order valence-corrected chi connectivity index (χ4v) is 3.29. The molecule has 0 fully saturated rings. The van der Waals surface area contributed by atoms with Crippen LogP contribution in [0.2, 0.25) is 0 Å². The highest BCUT2D eigenvalue weighted by atomic mass is 16.5. The van der Waals surface area contributed by atoms with Gasteiger partial charge >= 0.3 is 0 Å². The predicted octanol–water partition coefficient (Wildman–Crippen LogP) is 3.19. The Hall–Kier alpha value is -3.94. The Bertz CT molecular complexity index is 1280. The van der Waals surface area contributed by atoms with E-state index in [1.165, 1.54) is 4.57 Å². The highest BCUT2D eigenvalue weighted by Crippen LogP contribution is 2.32. The summed E-state index contributed by atoms with van der Waals surface area (Å²) in [5.74, 6) is 2.35. The quantitative estimate of drug-likeness (QED) is 0.489. The van der Waals surface area contributed by atoms with Crippen molar-refractivity contribution in [3.63, 3.8) is 0 Å². The van der Waals surface area contributed by atoms with Gasteiger partial charge in [-0.3, -0.25) is 9.36 Å². The van der Waals surface area contributed by atoms with E-state index in [9.17, 15) is 4.79 Å². The molecule has 0 radical (unpaired) electrons. The highest BCUT2D eigenvalue weighted by Gasteiger charge is 2.14. The molecule has 0 atom stereocenters. The Morgan fingerprint density at radius 2 is 1.40 bits per heavy atom. The first kappa shape index (κ1) is 19.4. The molecule has 0 N–H and O–H groups in total. The van der Waals surface area contributed by atoms with Gasteiger partial charge in [-0.15, -0.1) is 0 Å². The van der Waals surface area contributed by atoms with E-state index < -0.39 is 0 Å². The lowest BCUT2D eigenvalue weighted by Gasteiger charge is -2.11. The average molecular weight is 407 g/mol. The molecule has 154 valence electrons. The van der Waals surface area contributed by atoms with Crippen LogP contribution in [0.15, 0.2) is 59.8 Å². The number of hydrogen-bond donors (Lipinski definition) is 0. The average Bonchev–Trinajstić information content (AvgIpc) is 3.23. The van der Waals surface area contributed by atoms with Gasteiger partial charge in [-0.25, -0.2) is 4.98 Å². The van der Waals surface area contributed by atoms with Crippen LogP contribution in [0.5, 0.6) is 23.0 Å². The summed E-state index contributed by atoms with van der Waals surface area (Å²) in [4.78, 5) is 17.7. The van der Waals surface area contributed by atoms with Gasteiger partial charge in [-0.2, -0.15) is 0 Å². The molecule has 4 rings (SSSR count). The minimum atomic E-state index is -0.253. The third-order valence-electron chi connectivity index (χ3n) is 4.84. The van der Waals surface area contributed by atoms with Crippen LogP contribution < -0.4 is 24.5 Å². The van der Waals surface area contributed by atoms with Crippen molar-refractivity contribution >= 4 is 5.65 Å². The zero-order chi connectivity index (χ0) is 21.3. The van der Waals surface area contributed by atoms with Gasteiger partial charge in [0.2, 0.25) is 5.65 Å². The van der Waals surface area contributed by atoms with Crippen molar-refractivity contribution in [1.29, 1.82) is 0 Å². The Labute approximate surface area is 172 Å². The number of benzene rings is 2. The molecule has 0 saturated carbocycles. The minimum absolute atomic E-state index is 0.253. The topological polar surface area (TPSA) is 76.2 Å². The summed E-state index contributed by atoms with van der Waals surface area (Å²) in [6.07, 6.45) is 5.28. The number of nitrogens with zero attached hydrogens (tertiary/aromatic N) is 3. The van der Waals surface area contributed by atoms with Crippen molar-refractivity contribution in [3.05, 3.63) is 65.3 Å². The molecule has 0 aliphatic heterocycles. The van der Waals surface area contributed by atoms with Crippen molar-refractivity contribution in [1.82, 2.24) is 14.0 Å². The van der Waals surface area contributed by atoms with E-state index in [4.69, 9.17) is 18.9 Å². The van der Waals surface area contributed by atoms with Crippen LogP contribution in [-0.4, -0.2) is 42.4 Å². The molecule has 0 spiro atoms. The molecular formula is C22H21N3O5. The summed E-state index contributed by atoms with van der Waals surface area (Å²) in [6.45, 7) is 0. The molecule has 0 bridgehead atoms. The van der Waals surface area contributed by atoms with E-state index in [1.807, 2.05) is 12.1 Å². The molecular weight excluding hydrogens is 386 g/mol. The van der Waals surface area contributed by atoms with Gasteiger partial charge in [0.05, 0.1) is 39.8 Å². The first-order chi connectivity index (χ1) is 14.6. The van der Waals surface area contributed by atoms with E-state index in [0.717, 1.165) is 5.56 Å². The second-order valence-electron chi connectivity index (χ2n) is 6.44. The van der Waals surface area contributed by atoms with Crippen molar-refractivity contribution in [2.75, 3.05) is 28.4 Å². The van der Waals surface area contributed by atoms with Crippen LogP contribution in [0.25, 0.3) is 22.6 Å². The lowest BCUT2D eigenvalue weighted by Crippen LogP contribution is -2.20. The molecule has 2 aromatic carbocycles. The van der Waals surface area contributed by atoms with Gasteiger partial charge in [0.15, 0.2) is 23.0 Å². The first-order valence-electron chi connectivity index (χ1n) is 9.14. The summed E-state index contributed by atoms with van der Waals surface area (Å²) < 4.78 is 24.5. The standard InChI is InChI=1S/C22H21N3O5/c1-27-17-7-5-14(11-19(17)29-3)16-13-24-9-10-25(22(26)21(24)23-16)15-6-8-18(28-2)20(12-15)30-4/h5-13H,1-4H3. The largest absolute Gasteiger partial charge is 0.493 e. The summed E-state index contributed by atoms with van der Waals surface area (Å²) in [7, 11) is 6.28. The van der Waals surface area contributed by atoms with Gasteiger partial charge in [0.1, 0.15) is 0 Å². The Balaban J connectivity index is 1.81. The van der Waals surface area contributed by atoms with Gasteiger partial charge in [-0.1, -0.05) is 0 Å². The molecule has 30 heavy (non-hydrogen) atoms. The van der Waals surface area contributed by atoms with E-state index in [2.05, 4.69) is 4.98 Å². The Kier molecular flexibility index (Phi) is 5.05. The Morgan fingerprint density at radius 1 is 0.767 bits per heavy atom. The number of hydrogen-bond acceptors (Lipinski definition) is 6. The maximum atomic E-state index is 13.1. The number of methoxy groups -OCH3 is 4. The lowest BCUT2D eigenvalue weighted by molar-refractivity contribution is 0.355. The van der Waals surface area contributed by atoms with Gasteiger partial charge < -0.3 is 23.3 Å². The molecule has 0 amide bonds. The van der Waals surface area contributed by atoms with Crippen LogP contribution in [0.3, 0.4) is 0 Å². The summed E-state index contributed by atoms with van der Waals surface area (Å²) in [6, 6.07) is 10.8. The van der Waals surface area contributed by atoms with Gasteiger partial charge in [-0.05, 0) is 30.3 Å². The second kappa shape index (κ2) is 7.82. The van der Waals surface area contributed by atoms with Gasteiger partial charge in [0, 0.05) is 30.2 Å². The van der Waals surface area contributed by atoms with E-state index in [-0.39, 0.29) is 5.56 Å². The van der Waals surface area contributed by atoms with Crippen LogP contribution in [0, 0.1) is 0 Å². The normalized spacial score (nSPS) is 10.8. The van der Waals surface area contributed by atoms with Crippen LogP contribution in [0.4, 0.5) is 0 Å². The number of aromatic nitrogens is 3. The third kappa shape index (κ3) is 3.22. The molecule has 0 unspecified atom stereocenters. The van der Waals surface area contributed by atoms with Crippen LogP contribution in [-0.2, 0) is 0 Å². The van der Waals surface area contributed by atoms with E-state index in [1.54, 1.807) is 75.7 Å². The molecule has 0 aliphatic carbocycles. The number of fused-ring (bicyclic) bond motifs is 1. The van der Waals surface area contributed by atoms with Crippen LogP contribution in [0.1, 0.15) is 0 Å². The maximum absolute atomic E-state index is 13.1. The number of ether oxygens (including phenoxy) is 4. The minimum Gasteiger partial charge on any atom is -0.493 e. The third-order valence-corrected chi connectivity index (χ3v) is 4.84. The molecule has 8 heteroatoms. The molecule has 4 aromatic rings. The summed E-state index contributed by atoms with van der Waals surface area (Å²) >= 11 is 0. The van der Waals surface area contributed by atoms with Crippen LogP contribution >= 0.6 is 0 Å². The van der Waals surface area contributed by atoms with Crippen molar-refractivity contribution in [2.45, 2.75) is 0 Å². The fourth-order valence-electron chi connectivity index (χ4n) is 3.29. The fraction of sp³-hybridized carbons (Fsp3) is 0.182. The molecule has 2 heterocycles. The monoisotopic (exact) mass is 407 g/mol. The molecule has 8 nitrogen and oxygen atoms in total. The van der Waals surface area contributed by atoms with E-state index >= 15 is 0 Å². The van der Waals surface area contributed by atoms with Gasteiger partial charge in [0.25, 0.3) is 5.56 Å². The maximum Gasteiger partial charge on any atom is 0.298 e. The first-order valence-corrected chi connectivity index (χ1v) is 9.14. The zero-order valence-corrected chi connectivity index (χ0v) is 17.1. The second-order valence-corrected chi connectivity index (χ2v) is 6.44. The Morgan fingerprint density at radius 3 is 2.07 bits per heavy atom. The van der Waals surface area contributed by atoms with Crippen molar-refractivity contribution in [2.24, 2.45) is 0 Å². The number of rotatable bonds is 6. The number of imidazole rings is 1. The van der Waals surface area contributed by atoms with Crippen molar-refractivity contribution in [3.8, 4) is 39.9 Å². The highest BCUT2D eigenvalue weighted by molar-refractivity contribution is 5.66. The molecule has 2 aromatic heterocycles. The smallest absolute Gasteiger partial charge is 0.298 e. The molecule has 0 aliphatic rings. The molecule has 0 saturated heterocycles. The lowest BCUT2D eigenvalue weighted by atomic mass is 10.1. The summed E-state index contributed by atoms with van der Waals surface area (Å²) in [5, 5.41) is 0. The SMILES string of the molecule is COc1ccc(-c2cn3ccn(-c4ccc(OC)c(OC)c4)c(=O)c3n2)cc1OC. The zero-order valence-electron chi connectivity index (χ0n) is 17.1. The predicted molar refractivity (Wildman–Crippen MR) is 112 cm³/mol. The van der Waals surface area contributed by atoms with Crippen molar-refractivity contribution < 1.29 is 18.9 Å². The summed E-state index contributed by atoms with van der Waals surface area (Å²) in [5.41, 5.74) is 2.16.